The molecule has 0 atom stereocenters. The van der Waals surface area contributed by atoms with Gasteiger partial charge in [0, 0.05) is 36.8 Å². The molecule has 0 spiro atoms. The summed E-state index contributed by atoms with van der Waals surface area (Å²) in [4.78, 5) is 6.05. The highest BCUT2D eigenvalue weighted by atomic mass is 19.1. The third-order valence-electron chi connectivity index (χ3n) is 3.61. The number of aromatic nitrogens is 3. The van der Waals surface area contributed by atoms with Crippen LogP contribution >= 0.6 is 0 Å². The molecule has 0 saturated carbocycles. The van der Waals surface area contributed by atoms with Crippen LogP contribution < -0.4 is 10.6 Å². The van der Waals surface area contributed by atoms with Crippen LogP contribution in [0.5, 0.6) is 0 Å². The van der Waals surface area contributed by atoms with E-state index in [1.165, 1.54) is 12.3 Å². The standard InChI is InChI=1S/C13H16FN5/c14-10-5-11(8-16-7-10)19-3-1-9(2-4-19)12-6-13(15)18-17-12/h5-9H,1-4H2,(H3,15,17,18). The van der Waals surface area contributed by atoms with Gasteiger partial charge in [0.15, 0.2) is 0 Å². The summed E-state index contributed by atoms with van der Waals surface area (Å²) < 4.78 is 13.2. The second-order valence-corrected chi connectivity index (χ2v) is 4.87. The first-order chi connectivity index (χ1) is 9.22. The number of nitrogens with zero attached hydrogens (tertiary/aromatic N) is 3. The quantitative estimate of drug-likeness (QED) is 0.866. The van der Waals surface area contributed by atoms with Crippen molar-refractivity contribution in [3.8, 4) is 0 Å². The number of nitrogens with one attached hydrogen (secondary N) is 1. The van der Waals surface area contributed by atoms with E-state index in [4.69, 9.17) is 5.73 Å². The summed E-state index contributed by atoms with van der Waals surface area (Å²) >= 11 is 0. The second-order valence-electron chi connectivity index (χ2n) is 4.87. The summed E-state index contributed by atoms with van der Waals surface area (Å²) in [5.41, 5.74) is 7.56. The van der Waals surface area contributed by atoms with Crippen LogP contribution in [-0.4, -0.2) is 28.3 Å². The maximum atomic E-state index is 13.2. The normalized spacial score (nSPS) is 16.8. The molecule has 100 valence electrons. The lowest BCUT2D eigenvalue weighted by atomic mass is 9.93. The first kappa shape index (κ1) is 12.0. The van der Waals surface area contributed by atoms with Crippen LogP contribution in [0.2, 0.25) is 0 Å². The van der Waals surface area contributed by atoms with Crippen molar-refractivity contribution in [1.82, 2.24) is 15.2 Å². The van der Waals surface area contributed by atoms with Gasteiger partial charge in [-0.2, -0.15) is 5.10 Å². The fourth-order valence-electron chi connectivity index (χ4n) is 2.58. The molecule has 0 aromatic carbocycles. The number of H-pyrrole nitrogens is 1. The topological polar surface area (TPSA) is 70.8 Å². The van der Waals surface area contributed by atoms with Gasteiger partial charge in [-0.1, -0.05) is 0 Å². The third kappa shape index (κ3) is 2.52. The average molecular weight is 261 g/mol. The number of pyridine rings is 1. The van der Waals surface area contributed by atoms with Crippen molar-refractivity contribution in [3.63, 3.8) is 0 Å². The summed E-state index contributed by atoms with van der Waals surface area (Å²) in [6, 6.07) is 3.42. The lowest BCUT2D eigenvalue weighted by molar-refractivity contribution is 0.494. The minimum Gasteiger partial charge on any atom is -0.382 e. The van der Waals surface area contributed by atoms with Crippen LogP contribution in [0.15, 0.2) is 24.5 Å². The fraction of sp³-hybridized carbons (Fsp3) is 0.385. The lowest BCUT2D eigenvalue weighted by Crippen LogP contribution is -2.33. The molecule has 6 heteroatoms. The Morgan fingerprint density at radius 2 is 2.05 bits per heavy atom. The van der Waals surface area contributed by atoms with Gasteiger partial charge in [-0.05, 0) is 12.8 Å². The summed E-state index contributed by atoms with van der Waals surface area (Å²) in [6.07, 6.45) is 4.93. The van der Waals surface area contributed by atoms with Crippen LogP contribution in [0, 0.1) is 5.82 Å². The van der Waals surface area contributed by atoms with E-state index in [0.717, 1.165) is 37.3 Å². The van der Waals surface area contributed by atoms with E-state index < -0.39 is 0 Å². The zero-order valence-electron chi connectivity index (χ0n) is 10.5. The Bertz CT molecular complexity index is 560. The van der Waals surface area contributed by atoms with Gasteiger partial charge >= 0.3 is 0 Å². The zero-order chi connectivity index (χ0) is 13.2. The van der Waals surface area contributed by atoms with E-state index >= 15 is 0 Å². The van der Waals surface area contributed by atoms with E-state index in [1.807, 2.05) is 6.07 Å². The number of hydrogen-bond donors (Lipinski definition) is 2. The van der Waals surface area contributed by atoms with Crippen molar-refractivity contribution in [1.29, 1.82) is 0 Å². The fourth-order valence-corrected chi connectivity index (χ4v) is 2.58. The van der Waals surface area contributed by atoms with E-state index in [-0.39, 0.29) is 5.82 Å². The molecule has 2 aromatic rings. The molecular formula is C13H16FN5. The zero-order valence-corrected chi connectivity index (χ0v) is 10.5. The van der Waals surface area contributed by atoms with E-state index in [1.54, 1.807) is 6.20 Å². The number of hydrogen-bond acceptors (Lipinski definition) is 4. The minimum absolute atomic E-state index is 0.291. The average Bonchev–Trinajstić information content (AvgIpc) is 2.86. The SMILES string of the molecule is Nc1cc(C2CCN(c3cncc(F)c3)CC2)[nH]n1. The van der Waals surface area contributed by atoms with Crippen molar-refractivity contribution < 1.29 is 4.39 Å². The highest BCUT2D eigenvalue weighted by molar-refractivity contribution is 5.44. The molecule has 3 N–H and O–H groups in total. The van der Waals surface area contributed by atoms with E-state index in [9.17, 15) is 4.39 Å². The van der Waals surface area contributed by atoms with Gasteiger partial charge < -0.3 is 10.6 Å². The number of nitrogen functional groups attached to an aromatic ring is 1. The first-order valence-corrected chi connectivity index (χ1v) is 6.38. The van der Waals surface area contributed by atoms with Crippen LogP contribution in [0.4, 0.5) is 15.9 Å². The molecule has 2 aromatic heterocycles. The maximum Gasteiger partial charge on any atom is 0.145 e. The Kier molecular flexibility index (Phi) is 3.06. The predicted octanol–water partition coefficient (Wildman–Crippen LogP) is 1.91. The number of piperidine rings is 1. The highest BCUT2D eigenvalue weighted by Crippen LogP contribution is 2.29. The molecule has 19 heavy (non-hydrogen) atoms. The smallest absolute Gasteiger partial charge is 0.145 e. The second kappa shape index (κ2) is 4.87. The molecule has 0 bridgehead atoms. The van der Waals surface area contributed by atoms with Gasteiger partial charge in [0.25, 0.3) is 0 Å². The molecule has 0 amide bonds. The van der Waals surface area contributed by atoms with Crippen LogP contribution in [0.3, 0.4) is 0 Å². The van der Waals surface area contributed by atoms with Gasteiger partial charge in [-0.25, -0.2) is 4.39 Å². The van der Waals surface area contributed by atoms with Gasteiger partial charge in [-0.15, -0.1) is 0 Å². The van der Waals surface area contributed by atoms with Crippen molar-refractivity contribution >= 4 is 11.5 Å². The Balaban J connectivity index is 1.66. The Labute approximate surface area is 110 Å². The van der Waals surface area contributed by atoms with Gasteiger partial charge in [0.2, 0.25) is 0 Å². The van der Waals surface area contributed by atoms with Gasteiger partial charge in [-0.3, -0.25) is 10.1 Å². The molecule has 3 heterocycles. The Morgan fingerprint density at radius 1 is 1.26 bits per heavy atom. The predicted molar refractivity (Wildman–Crippen MR) is 71.4 cm³/mol. The largest absolute Gasteiger partial charge is 0.382 e. The minimum atomic E-state index is -0.291. The summed E-state index contributed by atoms with van der Waals surface area (Å²) in [5, 5.41) is 6.93. The lowest BCUT2D eigenvalue weighted by Gasteiger charge is -2.32. The number of halogens is 1. The van der Waals surface area contributed by atoms with Gasteiger partial charge in [0.05, 0.1) is 18.1 Å². The van der Waals surface area contributed by atoms with E-state index in [2.05, 4.69) is 20.1 Å². The van der Waals surface area contributed by atoms with Gasteiger partial charge in [0.1, 0.15) is 11.6 Å². The monoisotopic (exact) mass is 261 g/mol. The van der Waals surface area contributed by atoms with Crippen molar-refractivity contribution in [2.45, 2.75) is 18.8 Å². The molecule has 0 radical (unpaired) electrons. The molecule has 0 aliphatic carbocycles. The molecule has 1 aliphatic heterocycles. The Hall–Kier alpha value is -2.11. The molecule has 1 fully saturated rings. The van der Waals surface area contributed by atoms with Crippen LogP contribution in [0.1, 0.15) is 24.5 Å². The number of aromatic amines is 1. The third-order valence-corrected chi connectivity index (χ3v) is 3.61. The molecule has 1 aliphatic rings. The number of nitrogens with two attached hydrogens (primary N) is 1. The molecule has 5 nitrogen and oxygen atoms in total. The molecule has 0 unspecified atom stereocenters. The van der Waals surface area contributed by atoms with Crippen LogP contribution in [-0.2, 0) is 0 Å². The van der Waals surface area contributed by atoms with Crippen molar-refractivity contribution in [2.75, 3.05) is 23.7 Å². The molecule has 3 rings (SSSR count). The first-order valence-electron chi connectivity index (χ1n) is 6.38. The summed E-state index contributed by atoms with van der Waals surface area (Å²) in [7, 11) is 0. The summed E-state index contributed by atoms with van der Waals surface area (Å²) in [6.45, 7) is 1.77. The molecular weight excluding hydrogens is 245 g/mol. The molecule has 1 saturated heterocycles. The number of anilines is 2. The highest BCUT2D eigenvalue weighted by Gasteiger charge is 2.22. The number of rotatable bonds is 2. The van der Waals surface area contributed by atoms with Crippen molar-refractivity contribution in [2.24, 2.45) is 0 Å². The van der Waals surface area contributed by atoms with Crippen LogP contribution in [0.25, 0.3) is 0 Å². The van der Waals surface area contributed by atoms with Crippen molar-refractivity contribution in [3.05, 3.63) is 36.0 Å². The van der Waals surface area contributed by atoms with E-state index in [0.29, 0.717) is 11.7 Å². The maximum absolute atomic E-state index is 13.2. The Morgan fingerprint density at radius 3 is 2.68 bits per heavy atom. The summed E-state index contributed by atoms with van der Waals surface area (Å²) in [5.74, 6) is 0.690.